The molecule has 5 rings (SSSR count). The molecule has 8 nitrogen and oxygen atoms in total. The number of hydrogen-bond donors (Lipinski definition) is 2. The second-order valence-electron chi connectivity index (χ2n) is 7.56. The van der Waals surface area contributed by atoms with Crippen molar-refractivity contribution in [1.29, 1.82) is 0 Å². The van der Waals surface area contributed by atoms with Crippen molar-refractivity contribution in [1.82, 2.24) is 24.4 Å². The van der Waals surface area contributed by atoms with Crippen LogP contribution in [-0.2, 0) is 0 Å². The van der Waals surface area contributed by atoms with Crippen molar-refractivity contribution in [2.24, 2.45) is 0 Å². The predicted molar refractivity (Wildman–Crippen MR) is 119 cm³/mol. The molecule has 3 heterocycles. The van der Waals surface area contributed by atoms with Gasteiger partial charge in [0, 0.05) is 17.7 Å². The maximum Gasteiger partial charge on any atom is 0.262 e. The summed E-state index contributed by atoms with van der Waals surface area (Å²) in [4.78, 5) is 28.4. The van der Waals surface area contributed by atoms with E-state index < -0.39 is 0 Å². The number of nitrogens with one attached hydrogen (secondary N) is 2. The van der Waals surface area contributed by atoms with E-state index in [0.717, 1.165) is 11.3 Å². The number of carbonyl (C=O) groups excluding carboxylic acids is 1. The molecule has 2 N–H and O–H groups in total. The first-order valence-corrected chi connectivity index (χ1v) is 9.98. The summed E-state index contributed by atoms with van der Waals surface area (Å²) in [6, 6.07) is 18.8. The van der Waals surface area contributed by atoms with E-state index in [9.17, 15) is 9.59 Å². The zero-order chi connectivity index (χ0) is 21.5. The van der Waals surface area contributed by atoms with Crippen LogP contribution in [0.25, 0.3) is 27.8 Å². The summed E-state index contributed by atoms with van der Waals surface area (Å²) < 4.78 is 3.34. The Labute approximate surface area is 177 Å². The Hall–Kier alpha value is -4.20. The van der Waals surface area contributed by atoms with E-state index in [1.54, 1.807) is 27.4 Å². The Morgan fingerprint density at radius 3 is 2.58 bits per heavy atom. The van der Waals surface area contributed by atoms with E-state index >= 15 is 0 Å². The third-order valence-corrected chi connectivity index (χ3v) is 5.16. The van der Waals surface area contributed by atoms with Crippen LogP contribution in [-0.4, -0.2) is 30.3 Å². The maximum absolute atomic E-state index is 13.1. The highest BCUT2D eigenvalue weighted by molar-refractivity contribution is 6.08. The fourth-order valence-corrected chi connectivity index (χ4v) is 3.66. The summed E-state index contributed by atoms with van der Waals surface area (Å²) >= 11 is 0. The Kier molecular flexibility index (Phi) is 4.39. The zero-order valence-electron chi connectivity index (χ0n) is 17.0. The minimum atomic E-state index is -0.373. The number of carbonyl (C=O) groups is 1. The molecule has 5 aromatic rings. The molecule has 0 aliphatic heterocycles. The van der Waals surface area contributed by atoms with Gasteiger partial charge in [0.1, 0.15) is 17.0 Å². The highest BCUT2D eigenvalue weighted by atomic mass is 16.2. The Bertz CT molecular complexity index is 1480. The summed E-state index contributed by atoms with van der Waals surface area (Å²) in [5.41, 5.74) is 2.73. The summed E-state index contributed by atoms with van der Waals surface area (Å²) in [5, 5.41) is 12.4. The zero-order valence-corrected chi connectivity index (χ0v) is 17.0. The molecule has 154 valence electrons. The van der Waals surface area contributed by atoms with E-state index in [2.05, 4.69) is 20.5 Å². The lowest BCUT2D eigenvalue weighted by Crippen LogP contribution is -2.18. The number of H-pyrrole nitrogens is 1. The predicted octanol–water partition coefficient (Wildman–Crippen LogP) is 3.87. The average molecular weight is 412 g/mol. The van der Waals surface area contributed by atoms with E-state index in [1.165, 1.54) is 6.20 Å². The largest absolute Gasteiger partial charge is 0.307 e. The van der Waals surface area contributed by atoms with Crippen LogP contribution in [0.3, 0.4) is 0 Å². The first-order valence-electron chi connectivity index (χ1n) is 9.98. The number of para-hydroxylation sites is 1. The molecule has 0 radical (unpaired) electrons. The maximum atomic E-state index is 13.1. The number of anilines is 1. The van der Waals surface area contributed by atoms with Crippen LogP contribution in [0.5, 0.6) is 0 Å². The smallest absolute Gasteiger partial charge is 0.262 e. The number of amides is 1. The molecule has 0 aliphatic carbocycles. The lowest BCUT2D eigenvalue weighted by atomic mass is 10.1. The lowest BCUT2D eigenvalue weighted by Gasteiger charge is -2.11. The van der Waals surface area contributed by atoms with Gasteiger partial charge in [-0.2, -0.15) is 10.2 Å². The van der Waals surface area contributed by atoms with Crippen molar-refractivity contribution in [2.45, 2.75) is 19.9 Å². The van der Waals surface area contributed by atoms with Crippen molar-refractivity contribution in [3.8, 4) is 11.3 Å². The molecule has 0 bridgehead atoms. The van der Waals surface area contributed by atoms with Crippen molar-refractivity contribution in [3.05, 3.63) is 82.8 Å². The van der Waals surface area contributed by atoms with Crippen LogP contribution in [0.1, 0.15) is 30.2 Å². The molecular weight excluding hydrogens is 392 g/mol. The van der Waals surface area contributed by atoms with Gasteiger partial charge >= 0.3 is 0 Å². The van der Waals surface area contributed by atoms with Crippen molar-refractivity contribution < 1.29 is 4.79 Å². The second kappa shape index (κ2) is 7.24. The fourth-order valence-electron chi connectivity index (χ4n) is 3.66. The van der Waals surface area contributed by atoms with Gasteiger partial charge in [0.2, 0.25) is 0 Å². The fraction of sp³-hybridized carbons (Fsp3) is 0.130. The first kappa shape index (κ1) is 18.8. The number of fused-ring (bicyclic) bond motifs is 3. The monoisotopic (exact) mass is 412 g/mol. The van der Waals surface area contributed by atoms with Crippen LogP contribution in [0.4, 0.5) is 5.82 Å². The SMILES string of the molecule is CC(C)n1nc(-c2ccccc2)cc1NC(=O)c1cnn2c1[nH]c(=O)c1ccccc12. The number of benzene rings is 2. The molecule has 0 unspecified atom stereocenters. The third-order valence-electron chi connectivity index (χ3n) is 5.16. The summed E-state index contributed by atoms with van der Waals surface area (Å²) in [7, 11) is 0. The van der Waals surface area contributed by atoms with Gasteiger partial charge in [-0.05, 0) is 26.0 Å². The van der Waals surface area contributed by atoms with E-state index in [-0.39, 0.29) is 23.1 Å². The van der Waals surface area contributed by atoms with Crippen molar-refractivity contribution >= 4 is 28.3 Å². The van der Waals surface area contributed by atoms with Gasteiger partial charge in [-0.25, -0.2) is 9.20 Å². The molecule has 0 fully saturated rings. The first-order chi connectivity index (χ1) is 15.0. The van der Waals surface area contributed by atoms with Gasteiger partial charge < -0.3 is 10.3 Å². The van der Waals surface area contributed by atoms with Gasteiger partial charge in [0.05, 0.1) is 22.8 Å². The van der Waals surface area contributed by atoms with Crippen LogP contribution >= 0.6 is 0 Å². The number of nitrogens with zero attached hydrogens (tertiary/aromatic N) is 4. The Morgan fingerprint density at radius 1 is 1.06 bits per heavy atom. The number of aromatic amines is 1. The third kappa shape index (κ3) is 3.18. The van der Waals surface area contributed by atoms with E-state index in [1.807, 2.05) is 56.3 Å². The Balaban J connectivity index is 1.56. The summed E-state index contributed by atoms with van der Waals surface area (Å²) in [6.07, 6.45) is 1.46. The minimum absolute atomic E-state index is 0.0421. The van der Waals surface area contributed by atoms with Gasteiger partial charge in [-0.3, -0.25) is 9.59 Å². The Morgan fingerprint density at radius 2 is 1.81 bits per heavy atom. The number of hydrogen-bond acceptors (Lipinski definition) is 4. The van der Waals surface area contributed by atoms with Crippen molar-refractivity contribution in [2.75, 3.05) is 5.32 Å². The van der Waals surface area contributed by atoms with E-state index in [4.69, 9.17) is 0 Å². The molecule has 0 atom stereocenters. The van der Waals surface area contributed by atoms with Crippen LogP contribution in [0.2, 0.25) is 0 Å². The lowest BCUT2D eigenvalue weighted by molar-refractivity contribution is 0.102. The van der Waals surface area contributed by atoms with Crippen LogP contribution in [0, 0.1) is 0 Å². The average Bonchev–Trinajstić information content (AvgIpc) is 3.39. The minimum Gasteiger partial charge on any atom is -0.307 e. The van der Waals surface area contributed by atoms with Gasteiger partial charge in [0.25, 0.3) is 11.5 Å². The molecule has 0 saturated heterocycles. The number of rotatable bonds is 4. The number of aromatic nitrogens is 5. The molecular formula is C23H20N6O2. The summed E-state index contributed by atoms with van der Waals surface area (Å²) in [5.74, 6) is 0.198. The van der Waals surface area contributed by atoms with Crippen LogP contribution in [0.15, 0.2) is 71.7 Å². The normalized spacial score (nSPS) is 11.5. The summed E-state index contributed by atoms with van der Waals surface area (Å²) in [6.45, 7) is 3.99. The highest BCUT2D eigenvalue weighted by Gasteiger charge is 2.19. The molecule has 0 spiro atoms. The highest BCUT2D eigenvalue weighted by Crippen LogP contribution is 2.25. The molecule has 31 heavy (non-hydrogen) atoms. The van der Waals surface area contributed by atoms with Gasteiger partial charge in [0.15, 0.2) is 0 Å². The molecule has 1 amide bonds. The van der Waals surface area contributed by atoms with E-state index in [0.29, 0.717) is 22.4 Å². The molecule has 3 aromatic heterocycles. The molecule has 0 saturated carbocycles. The molecule has 0 aliphatic rings. The topological polar surface area (TPSA) is 97.1 Å². The second-order valence-corrected chi connectivity index (χ2v) is 7.56. The van der Waals surface area contributed by atoms with Gasteiger partial charge in [-0.1, -0.05) is 42.5 Å². The standard InChI is InChI=1S/C23H20N6O2/c1-14(2)28-20(12-18(27-28)15-8-4-3-5-9-15)25-23(31)17-13-24-29-19-11-7-6-10-16(19)22(30)26-21(17)29/h3-14H,1-2H3,(H,25,31)(H,26,30). The molecule has 2 aromatic carbocycles. The quantitative estimate of drug-likeness (QED) is 0.468. The van der Waals surface area contributed by atoms with Gasteiger partial charge in [-0.15, -0.1) is 0 Å². The van der Waals surface area contributed by atoms with Crippen molar-refractivity contribution in [3.63, 3.8) is 0 Å². The van der Waals surface area contributed by atoms with Crippen LogP contribution < -0.4 is 10.9 Å². The molecule has 8 heteroatoms.